The number of benzene rings is 1. The lowest BCUT2D eigenvalue weighted by atomic mass is 9.99. The van der Waals surface area contributed by atoms with E-state index in [1.54, 1.807) is 0 Å². The third kappa shape index (κ3) is 5.93. The van der Waals surface area contributed by atoms with Crippen LogP contribution in [-0.2, 0) is 9.59 Å². The minimum atomic E-state index is -0.0156. The van der Waals surface area contributed by atoms with Crippen LogP contribution in [0.3, 0.4) is 0 Å². The van der Waals surface area contributed by atoms with Gasteiger partial charge in [-0.1, -0.05) is 49.4 Å². The molecule has 2 amide bonds. The molecule has 2 saturated heterocycles. The van der Waals surface area contributed by atoms with Gasteiger partial charge in [0.25, 0.3) is 0 Å². The van der Waals surface area contributed by atoms with E-state index in [0.29, 0.717) is 19.0 Å². The highest BCUT2D eigenvalue weighted by atomic mass is 16.2. The Morgan fingerprint density at radius 3 is 2.15 bits per heavy atom. The van der Waals surface area contributed by atoms with Crippen LogP contribution < -0.4 is 0 Å². The molecule has 5 nitrogen and oxygen atoms in total. The van der Waals surface area contributed by atoms with Crippen LogP contribution in [0.15, 0.2) is 36.4 Å². The number of piperazine rings is 1. The second-order valence-corrected chi connectivity index (χ2v) is 7.73. The molecule has 0 N–H and O–H groups in total. The van der Waals surface area contributed by atoms with Crippen LogP contribution >= 0.6 is 0 Å². The molecule has 3 rings (SSSR count). The van der Waals surface area contributed by atoms with Gasteiger partial charge in [0.05, 0.1) is 0 Å². The summed E-state index contributed by atoms with van der Waals surface area (Å²) in [4.78, 5) is 30.9. The van der Waals surface area contributed by atoms with Gasteiger partial charge in [0.2, 0.25) is 11.8 Å². The van der Waals surface area contributed by atoms with E-state index in [1.807, 2.05) is 28.0 Å². The molecule has 2 heterocycles. The van der Waals surface area contributed by atoms with Crippen molar-refractivity contribution in [3.05, 3.63) is 42.0 Å². The highest BCUT2D eigenvalue weighted by Gasteiger charge is 2.26. The molecule has 0 radical (unpaired) electrons. The highest BCUT2D eigenvalue weighted by molar-refractivity contribution is 5.97. The summed E-state index contributed by atoms with van der Waals surface area (Å²) in [5, 5.41) is 0. The fraction of sp³-hybridized carbons (Fsp3) is 0.545. The van der Waals surface area contributed by atoms with E-state index < -0.39 is 0 Å². The second kappa shape index (κ2) is 9.70. The Morgan fingerprint density at radius 2 is 1.52 bits per heavy atom. The van der Waals surface area contributed by atoms with Crippen LogP contribution in [0, 0.1) is 5.92 Å². The van der Waals surface area contributed by atoms with Crippen molar-refractivity contribution in [3.8, 4) is 0 Å². The zero-order valence-electron chi connectivity index (χ0n) is 16.3. The van der Waals surface area contributed by atoms with Crippen molar-refractivity contribution in [1.82, 2.24) is 14.7 Å². The lowest BCUT2D eigenvalue weighted by Crippen LogP contribution is -2.50. The molecule has 0 aromatic heterocycles. The van der Waals surface area contributed by atoms with Crippen LogP contribution in [-0.4, -0.2) is 72.3 Å². The molecule has 0 saturated carbocycles. The van der Waals surface area contributed by atoms with Crippen molar-refractivity contribution in [2.75, 3.05) is 45.8 Å². The van der Waals surface area contributed by atoms with Gasteiger partial charge in [-0.3, -0.25) is 14.5 Å². The molecule has 0 bridgehead atoms. The van der Waals surface area contributed by atoms with Gasteiger partial charge in [0, 0.05) is 45.8 Å². The summed E-state index contributed by atoms with van der Waals surface area (Å²) in [7, 11) is 0. The van der Waals surface area contributed by atoms with Gasteiger partial charge in [0.15, 0.2) is 0 Å². The van der Waals surface area contributed by atoms with Gasteiger partial charge in [-0.2, -0.15) is 0 Å². The number of piperidine rings is 1. The number of hydrogen-bond acceptors (Lipinski definition) is 3. The molecule has 0 aliphatic carbocycles. The van der Waals surface area contributed by atoms with Crippen molar-refractivity contribution in [1.29, 1.82) is 0 Å². The summed E-state index contributed by atoms with van der Waals surface area (Å²) in [6, 6.07) is 10.3. The normalized spacial score (nSPS) is 19.6. The molecule has 0 unspecified atom stereocenters. The zero-order chi connectivity index (χ0) is 19.1. The number of amides is 2. The highest BCUT2D eigenvalue weighted by Crippen LogP contribution is 2.17. The molecule has 1 aromatic rings. The maximum atomic E-state index is 12.5. The largest absolute Gasteiger partial charge is 0.342 e. The molecule has 2 fully saturated rings. The predicted molar refractivity (Wildman–Crippen MR) is 108 cm³/mol. The summed E-state index contributed by atoms with van der Waals surface area (Å²) in [5.41, 5.74) is 1.21. The quantitative estimate of drug-likeness (QED) is 0.749. The molecule has 2 aliphatic rings. The van der Waals surface area contributed by atoms with Gasteiger partial charge < -0.3 is 9.80 Å². The van der Waals surface area contributed by atoms with Gasteiger partial charge >= 0.3 is 0 Å². The monoisotopic (exact) mass is 369 g/mol. The van der Waals surface area contributed by atoms with Crippen LogP contribution in [0.4, 0.5) is 0 Å². The molecular formula is C22H31N3O2. The molecular weight excluding hydrogens is 338 g/mol. The Hall–Kier alpha value is -2.14. The first-order chi connectivity index (χ1) is 13.1. The van der Waals surface area contributed by atoms with Crippen LogP contribution in [0.5, 0.6) is 0 Å². The van der Waals surface area contributed by atoms with E-state index in [1.165, 1.54) is 5.56 Å². The Morgan fingerprint density at radius 1 is 0.926 bits per heavy atom. The zero-order valence-corrected chi connectivity index (χ0v) is 16.3. The van der Waals surface area contributed by atoms with E-state index in [0.717, 1.165) is 45.6 Å². The Bertz CT molecular complexity index is 643. The lowest BCUT2D eigenvalue weighted by Gasteiger charge is -2.35. The number of likely N-dealkylation sites (tertiary alicyclic amines) is 1. The minimum absolute atomic E-state index is 0.000115. The topological polar surface area (TPSA) is 43.9 Å². The van der Waals surface area contributed by atoms with Crippen molar-refractivity contribution < 1.29 is 9.59 Å². The maximum Gasteiger partial charge on any atom is 0.232 e. The number of carbonyl (C=O) groups is 2. The van der Waals surface area contributed by atoms with Crippen molar-refractivity contribution >= 4 is 17.9 Å². The summed E-state index contributed by atoms with van der Waals surface area (Å²) >= 11 is 0. The third-order valence-electron chi connectivity index (χ3n) is 5.64. The SMILES string of the molecule is CC1CCN(C(=O)CC(=O)N2CCN(C/C=C/c3ccccc3)CC2)CC1. The lowest BCUT2D eigenvalue weighted by molar-refractivity contribution is -0.142. The van der Waals surface area contributed by atoms with Gasteiger partial charge in [0.1, 0.15) is 6.42 Å². The number of carbonyl (C=O) groups excluding carboxylic acids is 2. The van der Waals surface area contributed by atoms with Gasteiger partial charge in [-0.05, 0) is 24.3 Å². The fourth-order valence-electron chi connectivity index (χ4n) is 3.69. The molecule has 1 aromatic carbocycles. The van der Waals surface area contributed by atoms with E-state index in [4.69, 9.17) is 0 Å². The summed E-state index contributed by atoms with van der Waals surface area (Å²) in [5.74, 6) is 0.673. The maximum absolute atomic E-state index is 12.5. The fourth-order valence-corrected chi connectivity index (χ4v) is 3.69. The average molecular weight is 370 g/mol. The summed E-state index contributed by atoms with van der Waals surface area (Å²) < 4.78 is 0. The predicted octanol–water partition coefficient (Wildman–Crippen LogP) is 2.49. The van der Waals surface area contributed by atoms with E-state index in [-0.39, 0.29) is 18.2 Å². The molecule has 2 aliphatic heterocycles. The van der Waals surface area contributed by atoms with Gasteiger partial charge in [-0.25, -0.2) is 0 Å². The summed E-state index contributed by atoms with van der Waals surface area (Å²) in [6.45, 7) is 7.86. The van der Waals surface area contributed by atoms with Crippen molar-refractivity contribution in [3.63, 3.8) is 0 Å². The standard InChI is InChI=1S/C22H31N3O2/c1-19-9-12-24(13-10-19)21(26)18-22(27)25-16-14-23(15-17-25)11-5-8-20-6-3-2-4-7-20/h2-8,19H,9-18H2,1H3/b8-5+. The number of rotatable bonds is 5. The van der Waals surface area contributed by atoms with Crippen molar-refractivity contribution in [2.24, 2.45) is 5.92 Å². The Labute approximate surface area is 162 Å². The number of hydrogen-bond donors (Lipinski definition) is 0. The molecule has 5 heteroatoms. The van der Waals surface area contributed by atoms with Crippen LogP contribution in [0.1, 0.15) is 31.7 Å². The van der Waals surface area contributed by atoms with E-state index >= 15 is 0 Å². The smallest absolute Gasteiger partial charge is 0.232 e. The average Bonchev–Trinajstić information content (AvgIpc) is 2.70. The first-order valence-electron chi connectivity index (χ1n) is 10.1. The first kappa shape index (κ1) is 19.6. The van der Waals surface area contributed by atoms with Crippen molar-refractivity contribution in [2.45, 2.75) is 26.2 Å². The first-order valence-corrected chi connectivity index (χ1v) is 10.1. The summed E-state index contributed by atoms with van der Waals surface area (Å²) in [6.07, 6.45) is 6.44. The van der Waals surface area contributed by atoms with Crippen LogP contribution in [0.2, 0.25) is 0 Å². The molecule has 0 spiro atoms. The van der Waals surface area contributed by atoms with E-state index in [2.05, 4.69) is 36.1 Å². The van der Waals surface area contributed by atoms with Gasteiger partial charge in [-0.15, -0.1) is 0 Å². The third-order valence-corrected chi connectivity index (χ3v) is 5.64. The molecule has 27 heavy (non-hydrogen) atoms. The molecule has 146 valence electrons. The van der Waals surface area contributed by atoms with Crippen LogP contribution in [0.25, 0.3) is 6.08 Å². The van der Waals surface area contributed by atoms with E-state index in [9.17, 15) is 9.59 Å². The number of nitrogens with zero attached hydrogens (tertiary/aromatic N) is 3. The Balaban J connectivity index is 1.37. The second-order valence-electron chi connectivity index (χ2n) is 7.73. The Kier molecular flexibility index (Phi) is 7.04. The molecule has 0 atom stereocenters. The minimum Gasteiger partial charge on any atom is -0.342 e.